The van der Waals surface area contributed by atoms with E-state index in [1.807, 2.05) is 0 Å². The number of rotatable bonds is 16. The lowest BCUT2D eigenvalue weighted by molar-refractivity contribution is -0.138. The summed E-state index contributed by atoms with van der Waals surface area (Å²) in [5, 5.41) is 8.70. The van der Waals surface area contributed by atoms with Crippen LogP contribution in [0, 0.1) is 0 Å². The van der Waals surface area contributed by atoms with Crippen molar-refractivity contribution in [1.82, 2.24) is 0 Å². The second-order valence-electron chi connectivity index (χ2n) is 11.1. The van der Waals surface area contributed by atoms with Crippen LogP contribution in [0.1, 0.15) is 39.0 Å². The lowest BCUT2D eigenvalue weighted by Gasteiger charge is -2.46. The second-order valence-corrected chi connectivity index (χ2v) is 28.2. The van der Waals surface area contributed by atoms with Crippen LogP contribution in [0.25, 0.3) is 0 Å². The smallest absolute Gasteiger partial charge is 0.472 e. The third-order valence-corrected chi connectivity index (χ3v) is 16.4. The number of unbranched alkanes of at least 4 members (excludes halogenated alkanes) is 2. The first-order valence-electron chi connectivity index (χ1n) is 11.6. The van der Waals surface area contributed by atoms with Crippen molar-refractivity contribution in [1.29, 1.82) is 0 Å². The van der Waals surface area contributed by atoms with Crippen LogP contribution >= 0.6 is 0 Å². The Morgan fingerprint density at radius 1 is 0.781 bits per heavy atom. The Labute approximate surface area is 199 Å². The third kappa shape index (κ3) is 15.3. The van der Waals surface area contributed by atoms with E-state index < -0.39 is 45.7 Å². The maximum absolute atomic E-state index is 11.9. The molecule has 0 radical (unpaired) electrons. The molecule has 0 aliphatic carbocycles. The fourth-order valence-corrected chi connectivity index (χ4v) is 18.1. The monoisotopic (exact) mass is 522 g/mol. The maximum Gasteiger partial charge on any atom is 0.472 e. The highest BCUT2D eigenvalue weighted by atomic mass is 28.5. The Balaban J connectivity index is 5.99. The van der Waals surface area contributed by atoms with Crippen molar-refractivity contribution in [3.63, 3.8) is 0 Å². The van der Waals surface area contributed by atoms with Crippen molar-refractivity contribution in [2.45, 2.75) is 103 Å². The van der Waals surface area contributed by atoms with Gasteiger partial charge in [-0.25, -0.2) is 9.59 Å². The van der Waals surface area contributed by atoms with Crippen molar-refractivity contribution >= 4 is 45.7 Å². The molecule has 0 spiro atoms. The van der Waals surface area contributed by atoms with Gasteiger partial charge in [0, 0.05) is 17.7 Å². The summed E-state index contributed by atoms with van der Waals surface area (Å²) in [5.41, 5.74) is 0.0236. The Morgan fingerprint density at radius 3 is 1.62 bits per heavy atom. The summed E-state index contributed by atoms with van der Waals surface area (Å²) in [6.07, 6.45) is 6.43. The Morgan fingerprint density at radius 2 is 1.25 bits per heavy atom. The predicted octanol–water partition coefficient (Wildman–Crippen LogP) is 6.00. The molecule has 0 aromatic carbocycles. The van der Waals surface area contributed by atoms with E-state index in [1.54, 1.807) is 0 Å². The number of carboxylic acid groups (broad SMARTS) is 1. The van der Waals surface area contributed by atoms with Crippen molar-refractivity contribution in [2.75, 3.05) is 6.61 Å². The second kappa shape index (κ2) is 13.3. The van der Waals surface area contributed by atoms with E-state index in [9.17, 15) is 9.59 Å². The molecule has 11 heteroatoms. The Bertz CT molecular complexity index is 578. The Hall–Kier alpha value is -0.572. The van der Waals surface area contributed by atoms with Crippen LogP contribution in [0.4, 0.5) is 0 Å². The largest absolute Gasteiger partial charge is 0.478 e. The van der Waals surface area contributed by atoms with Gasteiger partial charge in [0.25, 0.3) is 0 Å². The van der Waals surface area contributed by atoms with Crippen molar-refractivity contribution < 1.29 is 31.8 Å². The maximum atomic E-state index is 11.9. The summed E-state index contributed by atoms with van der Waals surface area (Å²) in [6.45, 7) is 21.8. The van der Waals surface area contributed by atoms with E-state index in [1.165, 1.54) is 0 Å². The van der Waals surface area contributed by atoms with E-state index in [0.717, 1.165) is 37.8 Å². The van der Waals surface area contributed by atoms with Gasteiger partial charge >= 0.3 is 20.7 Å². The zero-order chi connectivity index (χ0) is 25.2. The average molecular weight is 523 g/mol. The fourth-order valence-electron chi connectivity index (χ4n) is 3.22. The molecule has 0 aliphatic rings. The SMILES string of the molecule is CCCCCC(CCOC(=O)/C=C/C(=O)O)[Si](O[Si](C)(C)C)(O[Si](C)(C)C)O[Si](C)(C)C. The summed E-state index contributed by atoms with van der Waals surface area (Å²) in [5.74, 6) is -1.84. The first-order chi connectivity index (χ1) is 14.4. The van der Waals surface area contributed by atoms with Gasteiger partial charge in [0.1, 0.15) is 0 Å². The number of aliphatic carboxylic acids is 1. The van der Waals surface area contributed by atoms with Crippen LogP contribution in [0.5, 0.6) is 0 Å². The molecule has 1 N–H and O–H groups in total. The molecule has 1 unspecified atom stereocenters. The Kier molecular flexibility index (Phi) is 13.1. The summed E-state index contributed by atoms with van der Waals surface area (Å²) in [6, 6.07) is 0. The minimum absolute atomic E-state index is 0.0236. The lowest BCUT2D eigenvalue weighted by Crippen LogP contribution is -2.63. The molecule has 0 aromatic rings. The van der Waals surface area contributed by atoms with Gasteiger partial charge in [0.05, 0.1) is 6.61 Å². The van der Waals surface area contributed by atoms with Gasteiger partial charge < -0.3 is 22.2 Å². The van der Waals surface area contributed by atoms with E-state index >= 15 is 0 Å². The van der Waals surface area contributed by atoms with E-state index in [-0.39, 0.29) is 12.1 Å². The van der Waals surface area contributed by atoms with Gasteiger partial charge in [0.2, 0.25) is 0 Å². The minimum Gasteiger partial charge on any atom is -0.478 e. The van der Waals surface area contributed by atoms with Gasteiger partial charge in [-0.05, 0) is 71.8 Å². The van der Waals surface area contributed by atoms with Crippen LogP contribution in [0.3, 0.4) is 0 Å². The van der Waals surface area contributed by atoms with E-state index in [2.05, 4.69) is 65.8 Å². The molecule has 32 heavy (non-hydrogen) atoms. The molecule has 0 fully saturated rings. The van der Waals surface area contributed by atoms with Crippen LogP contribution in [0.15, 0.2) is 12.2 Å². The number of ether oxygens (including phenoxy) is 1. The highest BCUT2D eigenvalue weighted by Crippen LogP contribution is 2.40. The number of hydrogen-bond acceptors (Lipinski definition) is 6. The molecule has 0 rings (SSSR count). The normalized spacial score (nSPS) is 14.6. The molecule has 0 saturated heterocycles. The highest BCUT2D eigenvalue weighted by Gasteiger charge is 2.55. The van der Waals surface area contributed by atoms with Gasteiger partial charge in [-0.2, -0.15) is 0 Å². The van der Waals surface area contributed by atoms with Gasteiger partial charge in [-0.15, -0.1) is 0 Å². The first kappa shape index (κ1) is 31.4. The summed E-state index contributed by atoms with van der Waals surface area (Å²) in [4.78, 5) is 22.5. The van der Waals surface area contributed by atoms with Crippen LogP contribution in [-0.4, -0.2) is 57.4 Å². The zero-order valence-corrected chi connectivity index (χ0v) is 25.9. The molecule has 0 aliphatic heterocycles. The van der Waals surface area contributed by atoms with Crippen LogP contribution in [0.2, 0.25) is 64.5 Å². The molecule has 0 aromatic heterocycles. The predicted molar refractivity (Wildman–Crippen MR) is 139 cm³/mol. The van der Waals surface area contributed by atoms with Crippen molar-refractivity contribution in [3.05, 3.63) is 12.2 Å². The number of esters is 1. The van der Waals surface area contributed by atoms with Crippen molar-refractivity contribution in [3.8, 4) is 0 Å². The molecule has 1 atom stereocenters. The summed E-state index contributed by atoms with van der Waals surface area (Å²) in [7, 11) is -9.16. The number of hydrogen-bond donors (Lipinski definition) is 1. The molecular weight excluding hydrogens is 477 g/mol. The molecule has 0 amide bonds. The van der Waals surface area contributed by atoms with E-state index in [0.29, 0.717) is 6.42 Å². The third-order valence-electron chi connectivity index (χ3n) is 4.07. The standard InChI is InChI=1S/C21H46O7Si4/c1-11-12-13-14-19(17-18-25-21(24)16-15-20(22)23)32(26-29(2,3)4,27-30(5,6)7)28-31(8,9)10/h15-16,19H,11-14,17-18H2,1-10H3,(H,22,23)/b16-15+. The number of carboxylic acids is 1. The average Bonchev–Trinajstić information content (AvgIpc) is 2.53. The van der Waals surface area contributed by atoms with Crippen LogP contribution < -0.4 is 0 Å². The highest BCUT2D eigenvalue weighted by molar-refractivity contribution is 6.90. The van der Waals surface area contributed by atoms with Gasteiger partial charge in [0.15, 0.2) is 25.0 Å². The zero-order valence-electron chi connectivity index (χ0n) is 21.9. The molecular formula is C21H46O7Si4. The van der Waals surface area contributed by atoms with E-state index in [4.69, 9.17) is 22.2 Å². The lowest BCUT2D eigenvalue weighted by atomic mass is 10.1. The quantitative estimate of drug-likeness (QED) is 0.115. The fraction of sp³-hybridized carbons (Fsp3) is 0.810. The molecule has 0 saturated carbocycles. The first-order valence-corrected chi connectivity index (χ1v) is 23.6. The molecule has 0 bridgehead atoms. The molecule has 7 nitrogen and oxygen atoms in total. The summed E-state index contributed by atoms with van der Waals surface area (Å²) < 4.78 is 25.9. The van der Waals surface area contributed by atoms with Gasteiger partial charge in [-0.1, -0.05) is 26.2 Å². The van der Waals surface area contributed by atoms with Crippen molar-refractivity contribution in [2.24, 2.45) is 0 Å². The van der Waals surface area contributed by atoms with Gasteiger partial charge in [-0.3, -0.25) is 0 Å². The number of carbonyl (C=O) groups excluding carboxylic acids is 1. The molecule has 0 heterocycles. The minimum atomic E-state index is -3.11. The molecule has 188 valence electrons. The summed E-state index contributed by atoms with van der Waals surface area (Å²) >= 11 is 0. The number of carbonyl (C=O) groups is 2. The topological polar surface area (TPSA) is 91.3 Å². The van der Waals surface area contributed by atoms with Crippen LogP contribution in [-0.2, 0) is 26.7 Å².